The number of amides is 1. The fraction of sp³-hybridized carbons (Fsp3) is 0.0952. The molecule has 0 aliphatic rings. The first-order valence-electron chi connectivity index (χ1n) is 8.99. The number of nitrogens with zero attached hydrogens (tertiary/aromatic N) is 4. The van der Waals surface area contributed by atoms with Gasteiger partial charge in [-0.1, -0.05) is 29.0 Å². The third-order valence-corrected chi connectivity index (χ3v) is 5.66. The maximum atomic E-state index is 12.8. The van der Waals surface area contributed by atoms with E-state index >= 15 is 0 Å². The molecule has 0 unspecified atom stereocenters. The summed E-state index contributed by atoms with van der Waals surface area (Å²) in [6.07, 6.45) is 1.70. The van der Waals surface area contributed by atoms with E-state index in [0.717, 1.165) is 16.3 Å². The van der Waals surface area contributed by atoms with Gasteiger partial charge >= 0.3 is 0 Å². The molecule has 0 saturated heterocycles. The topological polar surface area (TPSA) is 89.8 Å². The van der Waals surface area contributed by atoms with Crippen LogP contribution in [0.3, 0.4) is 0 Å². The van der Waals surface area contributed by atoms with Crippen LogP contribution < -0.4 is 10.7 Å². The monoisotopic (exact) mass is 437 g/mol. The molecule has 3 heterocycles. The summed E-state index contributed by atoms with van der Waals surface area (Å²) < 4.78 is 1.53. The highest BCUT2D eigenvalue weighted by Crippen LogP contribution is 2.31. The van der Waals surface area contributed by atoms with E-state index in [2.05, 4.69) is 20.4 Å². The molecule has 3 aromatic heterocycles. The number of thiazole rings is 1. The third kappa shape index (κ3) is 4.00. The molecular weight excluding hydrogens is 422 g/mol. The summed E-state index contributed by atoms with van der Waals surface area (Å²) >= 11 is 7.23. The summed E-state index contributed by atoms with van der Waals surface area (Å²) in [5, 5.41) is 7.90. The van der Waals surface area contributed by atoms with Crippen molar-refractivity contribution in [1.82, 2.24) is 19.7 Å². The zero-order valence-electron chi connectivity index (χ0n) is 16.1. The number of carbonyl (C=O) groups is 1. The van der Waals surface area contributed by atoms with Gasteiger partial charge in [-0.05, 0) is 50.2 Å². The number of aromatic nitrogens is 4. The summed E-state index contributed by atoms with van der Waals surface area (Å²) in [6, 6.07) is 13.9. The number of aryl methyl sites for hydroxylation is 2. The van der Waals surface area contributed by atoms with Crippen LogP contribution in [0.1, 0.15) is 21.9 Å². The zero-order chi connectivity index (χ0) is 21.3. The van der Waals surface area contributed by atoms with Crippen LogP contribution in [-0.4, -0.2) is 25.7 Å². The van der Waals surface area contributed by atoms with Crippen LogP contribution in [0.2, 0.25) is 5.02 Å². The van der Waals surface area contributed by atoms with Crippen LogP contribution in [-0.2, 0) is 0 Å². The Kier molecular flexibility index (Phi) is 5.43. The third-order valence-electron chi connectivity index (χ3n) is 4.31. The Morgan fingerprint density at radius 2 is 1.90 bits per heavy atom. The molecule has 0 spiro atoms. The minimum Gasteiger partial charge on any atom is -0.296 e. The van der Waals surface area contributed by atoms with Gasteiger partial charge in [0.05, 0.1) is 22.0 Å². The van der Waals surface area contributed by atoms with Crippen molar-refractivity contribution in [2.45, 2.75) is 13.8 Å². The van der Waals surface area contributed by atoms with Gasteiger partial charge < -0.3 is 0 Å². The van der Waals surface area contributed by atoms with Gasteiger partial charge in [0, 0.05) is 23.0 Å². The van der Waals surface area contributed by atoms with Gasteiger partial charge in [-0.25, -0.2) is 9.67 Å². The van der Waals surface area contributed by atoms with Gasteiger partial charge in [-0.15, -0.1) is 0 Å². The van der Waals surface area contributed by atoms with Crippen molar-refractivity contribution in [3.63, 3.8) is 0 Å². The summed E-state index contributed by atoms with van der Waals surface area (Å²) in [6.45, 7) is 3.59. The second-order valence-electron chi connectivity index (χ2n) is 6.49. The first kappa shape index (κ1) is 19.9. The number of hydrogen-bond acceptors (Lipinski definition) is 6. The lowest BCUT2D eigenvalue weighted by Crippen LogP contribution is -2.26. The minimum atomic E-state index is -0.621. The van der Waals surface area contributed by atoms with E-state index in [1.807, 2.05) is 25.1 Å². The van der Waals surface area contributed by atoms with Gasteiger partial charge in [-0.2, -0.15) is 5.10 Å². The number of halogens is 1. The smallest absolute Gasteiger partial charge is 0.281 e. The molecule has 1 aromatic carbocycles. The average molecular weight is 438 g/mol. The predicted octanol–water partition coefficient (Wildman–Crippen LogP) is 4.27. The molecule has 4 aromatic rings. The Morgan fingerprint density at radius 3 is 2.60 bits per heavy atom. The molecule has 1 N–H and O–H groups in total. The maximum absolute atomic E-state index is 12.8. The summed E-state index contributed by atoms with van der Waals surface area (Å²) in [5.74, 6) is -0.621. The van der Waals surface area contributed by atoms with E-state index in [1.165, 1.54) is 22.1 Å². The van der Waals surface area contributed by atoms with Gasteiger partial charge in [-0.3, -0.25) is 19.9 Å². The number of carbonyl (C=O) groups excluding carboxylic acids is 1. The molecule has 9 heteroatoms. The maximum Gasteiger partial charge on any atom is 0.281 e. The van der Waals surface area contributed by atoms with Crippen molar-refractivity contribution in [1.29, 1.82) is 0 Å². The lowest BCUT2D eigenvalue weighted by Gasteiger charge is -2.11. The fourth-order valence-electron chi connectivity index (χ4n) is 2.89. The van der Waals surface area contributed by atoms with E-state index < -0.39 is 11.3 Å². The van der Waals surface area contributed by atoms with E-state index in [9.17, 15) is 9.59 Å². The largest absolute Gasteiger partial charge is 0.296 e. The molecular formula is C21H16ClN5O2S. The standard InChI is InChI=1S/C21H16ClN5O2S/c1-12-11-17(28)18(26-27(12)15-8-6-14(22)7-9-15)20(29)25-21-24-13(2)19(30-21)16-5-3-4-10-23-16/h3-11H,1-2H3,(H,24,25,29). The molecule has 150 valence electrons. The number of rotatable bonds is 4. The molecule has 4 rings (SSSR count). The number of benzene rings is 1. The first-order valence-corrected chi connectivity index (χ1v) is 10.2. The molecule has 0 aliphatic heterocycles. The van der Waals surface area contributed by atoms with Crippen LogP contribution in [0.15, 0.2) is 59.5 Å². The van der Waals surface area contributed by atoms with Gasteiger partial charge in [0.2, 0.25) is 5.43 Å². The van der Waals surface area contributed by atoms with Crippen LogP contribution in [0.5, 0.6) is 0 Å². The highest BCUT2D eigenvalue weighted by atomic mass is 35.5. The van der Waals surface area contributed by atoms with Crippen molar-refractivity contribution in [2.24, 2.45) is 0 Å². The summed E-state index contributed by atoms with van der Waals surface area (Å²) in [7, 11) is 0. The van der Waals surface area contributed by atoms with Crippen molar-refractivity contribution < 1.29 is 4.79 Å². The fourth-order valence-corrected chi connectivity index (χ4v) is 3.95. The summed E-state index contributed by atoms with van der Waals surface area (Å²) in [5.41, 5.74) is 2.11. The molecule has 0 saturated carbocycles. The molecule has 7 nitrogen and oxygen atoms in total. The van der Waals surface area contributed by atoms with Crippen LogP contribution >= 0.6 is 22.9 Å². The molecule has 0 fully saturated rings. The first-order chi connectivity index (χ1) is 14.4. The normalized spacial score (nSPS) is 10.8. The number of hydrogen-bond donors (Lipinski definition) is 1. The highest BCUT2D eigenvalue weighted by Gasteiger charge is 2.18. The molecule has 0 bridgehead atoms. The van der Waals surface area contributed by atoms with Crippen molar-refractivity contribution in [2.75, 3.05) is 5.32 Å². The quantitative estimate of drug-likeness (QED) is 0.514. The Hall–Kier alpha value is -3.36. The van der Waals surface area contributed by atoms with Crippen molar-refractivity contribution in [3.05, 3.63) is 87.1 Å². The van der Waals surface area contributed by atoms with E-state index in [1.54, 1.807) is 37.4 Å². The van der Waals surface area contributed by atoms with E-state index in [0.29, 0.717) is 21.5 Å². The molecule has 0 atom stereocenters. The number of nitrogens with one attached hydrogen (secondary N) is 1. The molecule has 30 heavy (non-hydrogen) atoms. The van der Waals surface area contributed by atoms with E-state index in [-0.39, 0.29) is 5.69 Å². The lowest BCUT2D eigenvalue weighted by atomic mass is 10.2. The molecule has 0 aliphatic carbocycles. The van der Waals surface area contributed by atoms with Gasteiger partial charge in [0.15, 0.2) is 10.8 Å². The van der Waals surface area contributed by atoms with Crippen molar-refractivity contribution in [3.8, 4) is 16.3 Å². The average Bonchev–Trinajstić information content (AvgIpc) is 3.09. The zero-order valence-corrected chi connectivity index (χ0v) is 17.7. The van der Waals surface area contributed by atoms with Crippen molar-refractivity contribution >= 4 is 34.0 Å². The number of anilines is 1. The Balaban J connectivity index is 1.65. The Morgan fingerprint density at radius 1 is 1.13 bits per heavy atom. The van der Waals surface area contributed by atoms with Crippen LogP contribution in [0.4, 0.5) is 5.13 Å². The van der Waals surface area contributed by atoms with Gasteiger partial charge in [0.25, 0.3) is 5.91 Å². The highest BCUT2D eigenvalue weighted by molar-refractivity contribution is 7.19. The summed E-state index contributed by atoms with van der Waals surface area (Å²) in [4.78, 5) is 34.8. The van der Waals surface area contributed by atoms with Crippen LogP contribution in [0, 0.1) is 13.8 Å². The lowest BCUT2D eigenvalue weighted by molar-refractivity contribution is 0.101. The Labute approximate surface area is 181 Å². The predicted molar refractivity (Wildman–Crippen MR) is 118 cm³/mol. The number of pyridine rings is 1. The molecule has 1 amide bonds. The SMILES string of the molecule is Cc1nc(NC(=O)c2nn(-c3ccc(Cl)cc3)c(C)cc2=O)sc1-c1ccccn1. The second kappa shape index (κ2) is 8.17. The van der Waals surface area contributed by atoms with Crippen LogP contribution in [0.25, 0.3) is 16.3 Å². The minimum absolute atomic E-state index is 0.220. The van der Waals surface area contributed by atoms with Gasteiger partial charge in [0.1, 0.15) is 0 Å². The Bertz CT molecular complexity index is 1280. The molecule has 0 radical (unpaired) electrons. The second-order valence-corrected chi connectivity index (χ2v) is 7.92. The van der Waals surface area contributed by atoms with E-state index in [4.69, 9.17) is 11.6 Å².